The van der Waals surface area contributed by atoms with Crippen LogP contribution in [0, 0.1) is 5.92 Å². The molecule has 1 fully saturated rings. The van der Waals surface area contributed by atoms with Crippen LogP contribution in [0.5, 0.6) is 0 Å². The van der Waals surface area contributed by atoms with E-state index in [4.69, 9.17) is 11.6 Å². The quantitative estimate of drug-likeness (QED) is 0.789. The molecule has 1 N–H and O–H groups in total. The summed E-state index contributed by atoms with van der Waals surface area (Å²) in [7, 11) is 0. The van der Waals surface area contributed by atoms with Gasteiger partial charge < -0.3 is 15.1 Å². The average molecular weight is 414 g/mol. The van der Waals surface area contributed by atoms with Crippen LogP contribution in [-0.2, 0) is 16.0 Å². The van der Waals surface area contributed by atoms with E-state index >= 15 is 0 Å². The standard InChI is InChI=1S/C23H28ClN3O2/c1-17(2)22(25-21(28)15-18-7-4-3-5-8-18)23(29)27-13-11-26(12-14-27)20-10-6-9-19(24)16-20/h3-10,16-17,22H,11-15H2,1-2H3,(H,25,28)/t22-/m0/s1. The van der Waals surface area contributed by atoms with E-state index in [1.165, 1.54) is 0 Å². The van der Waals surface area contributed by atoms with Crippen LogP contribution >= 0.6 is 11.6 Å². The van der Waals surface area contributed by atoms with Crippen molar-refractivity contribution in [2.45, 2.75) is 26.3 Å². The molecular formula is C23H28ClN3O2. The number of rotatable bonds is 6. The number of hydrogen-bond acceptors (Lipinski definition) is 3. The van der Waals surface area contributed by atoms with Gasteiger partial charge in [-0.25, -0.2) is 0 Å². The molecule has 6 heteroatoms. The maximum Gasteiger partial charge on any atom is 0.245 e. The van der Waals surface area contributed by atoms with E-state index in [2.05, 4.69) is 10.2 Å². The normalized spacial score (nSPS) is 15.3. The number of carbonyl (C=O) groups excluding carboxylic acids is 2. The lowest BCUT2D eigenvalue weighted by Gasteiger charge is -2.38. The summed E-state index contributed by atoms with van der Waals surface area (Å²) in [5, 5.41) is 3.66. The number of nitrogens with zero attached hydrogens (tertiary/aromatic N) is 2. The third-order valence-corrected chi connectivity index (χ3v) is 5.46. The minimum atomic E-state index is -0.510. The van der Waals surface area contributed by atoms with Gasteiger partial charge in [0.2, 0.25) is 11.8 Å². The SMILES string of the molecule is CC(C)[C@H](NC(=O)Cc1ccccc1)C(=O)N1CCN(c2cccc(Cl)c2)CC1. The van der Waals surface area contributed by atoms with Crippen LogP contribution in [0.25, 0.3) is 0 Å². The molecule has 1 atom stereocenters. The number of benzene rings is 2. The molecule has 0 unspecified atom stereocenters. The highest BCUT2D eigenvalue weighted by Gasteiger charge is 2.30. The van der Waals surface area contributed by atoms with Crippen molar-refractivity contribution < 1.29 is 9.59 Å². The van der Waals surface area contributed by atoms with E-state index in [0.717, 1.165) is 24.3 Å². The van der Waals surface area contributed by atoms with Crippen LogP contribution in [-0.4, -0.2) is 48.9 Å². The topological polar surface area (TPSA) is 52.7 Å². The fourth-order valence-electron chi connectivity index (χ4n) is 3.57. The molecule has 2 amide bonds. The van der Waals surface area contributed by atoms with E-state index < -0.39 is 6.04 Å². The largest absolute Gasteiger partial charge is 0.368 e. The summed E-state index contributed by atoms with van der Waals surface area (Å²) >= 11 is 6.09. The molecule has 0 aliphatic carbocycles. The van der Waals surface area contributed by atoms with Crippen molar-refractivity contribution in [3.05, 3.63) is 65.2 Å². The Kier molecular flexibility index (Phi) is 7.15. The summed E-state index contributed by atoms with van der Waals surface area (Å²) in [6.45, 7) is 6.68. The third-order valence-electron chi connectivity index (χ3n) is 5.22. The Hall–Kier alpha value is -2.53. The van der Waals surface area contributed by atoms with Crippen molar-refractivity contribution in [1.82, 2.24) is 10.2 Å². The summed E-state index contributed by atoms with van der Waals surface area (Å²) in [5.41, 5.74) is 2.01. The van der Waals surface area contributed by atoms with Crippen LogP contribution in [0.3, 0.4) is 0 Å². The van der Waals surface area contributed by atoms with Crippen LogP contribution in [0.15, 0.2) is 54.6 Å². The molecular weight excluding hydrogens is 386 g/mol. The number of halogens is 1. The second-order valence-electron chi connectivity index (χ2n) is 7.74. The Bertz CT molecular complexity index is 833. The first kappa shape index (κ1) is 21.2. The molecule has 0 saturated carbocycles. The first-order chi connectivity index (χ1) is 13.9. The van der Waals surface area contributed by atoms with E-state index in [1.54, 1.807) is 0 Å². The van der Waals surface area contributed by atoms with Crippen molar-refractivity contribution in [2.24, 2.45) is 5.92 Å². The summed E-state index contributed by atoms with van der Waals surface area (Å²) in [5.74, 6) is -0.110. The zero-order valence-corrected chi connectivity index (χ0v) is 17.7. The second kappa shape index (κ2) is 9.79. The summed E-state index contributed by atoms with van der Waals surface area (Å²) in [4.78, 5) is 29.7. The monoisotopic (exact) mass is 413 g/mol. The fourth-order valence-corrected chi connectivity index (χ4v) is 3.76. The van der Waals surface area contributed by atoms with Gasteiger partial charge in [0.15, 0.2) is 0 Å². The van der Waals surface area contributed by atoms with Gasteiger partial charge in [-0.1, -0.05) is 61.8 Å². The number of hydrogen-bond donors (Lipinski definition) is 1. The van der Waals surface area contributed by atoms with Gasteiger partial charge in [0.05, 0.1) is 6.42 Å². The first-order valence-corrected chi connectivity index (χ1v) is 10.4. The van der Waals surface area contributed by atoms with Crippen molar-refractivity contribution in [3.8, 4) is 0 Å². The van der Waals surface area contributed by atoms with Crippen molar-refractivity contribution in [3.63, 3.8) is 0 Å². The van der Waals surface area contributed by atoms with Crippen molar-refractivity contribution in [2.75, 3.05) is 31.1 Å². The Morgan fingerprint density at radius 2 is 1.69 bits per heavy atom. The lowest BCUT2D eigenvalue weighted by Crippen LogP contribution is -2.56. The minimum Gasteiger partial charge on any atom is -0.368 e. The Balaban J connectivity index is 1.57. The molecule has 1 aliphatic heterocycles. The molecule has 0 spiro atoms. The average Bonchev–Trinajstić information content (AvgIpc) is 2.72. The molecule has 1 aliphatic rings. The van der Waals surface area contributed by atoms with Crippen LogP contribution in [0.2, 0.25) is 5.02 Å². The van der Waals surface area contributed by atoms with E-state index in [1.807, 2.05) is 73.3 Å². The van der Waals surface area contributed by atoms with Gasteiger partial charge in [0, 0.05) is 36.9 Å². The predicted octanol–water partition coefficient (Wildman–Crippen LogP) is 3.37. The second-order valence-corrected chi connectivity index (χ2v) is 8.18. The molecule has 0 bridgehead atoms. The highest BCUT2D eigenvalue weighted by molar-refractivity contribution is 6.30. The molecule has 154 valence electrons. The maximum atomic E-state index is 13.1. The van der Waals surface area contributed by atoms with E-state index in [0.29, 0.717) is 18.1 Å². The summed E-state index contributed by atoms with van der Waals surface area (Å²) in [6.07, 6.45) is 0.278. The number of nitrogens with one attached hydrogen (secondary N) is 1. The van der Waals surface area contributed by atoms with Gasteiger partial charge in [-0.2, -0.15) is 0 Å². The molecule has 1 heterocycles. The third kappa shape index (κ3) is 5.73. The molecule has 5 nitrogen and oxygen atoms in total. The van der Waals surface area contributed by atoms with Gasteiger partial charge in [-0.15, -0.1) is 0 Å². The van der Waals surface area contributed by atoms with Gasteiger partial charge in [0.25, 0.3) is 0 Å². The number of anilines is 1. The Morgan fingerprint density at radius 3 is 2.31 bits per heavy atom. The van der Waals surface area contributed by atoms with Crippen LogP contribution < -0.4 is 10.2 Å². The first-order valence-electron chi connectivity index (χ1n) is 10.1. The lowest BCUT2D eigenvalue weighted by molar-refractivity contribution is -0.137. The maximum absolute atomic E-state index is 13.1. The predicted molar refractivity (Wildman–Crippen MR) is 117 cm³/mol. The number of piperazine rings is 1. The smallest absolute Gasteiger partial charge is 0.245 e. The number of amides is 2. The molecule has 29 heavy (non-hydrogen) atoms. The highest BCUT2D eigenvalue weighted by atomic mass is 35.5. The van der Waals surface area contributed by atoms with E-state index in [-0.39, 0.29) is 24.2 Å². The lowest BCUT2D eigenvalue weighted by atomic mass is 10.0. The summed E-state index contributed by atoms with van der Waals surface area (Å²) in [6, 6.07) is 16.8. The fraction of sp³-hybridized carbons (Fsp3) is 0.391. The molecule has 0 radical (unpaired) electrons. The highest BCUT2D eigenvalue weighted by Crippen LogP contribution is 2.21. The minimum absolute atomic E-state index is 0.00726. The van der Waals surface area contributed by atoms with Crippen molar-refractivity contribution in [1.29, 1.82) is 0 Å². The zero-order chi connectivity index (χ0) is 20.8. The summed E-state index contributed by atoms with van der Waals surface area (Å²) < 4.78 is 0. The number of carbonyl (C=O) groups is 2. The molecule has 3 rings (SSSR count). The Morgan fingerprint density at radius 1 is 1.00 bits per heavy atom. The molecule has 2 aromatic rings. The van der Waals surface area contributed by atoms with Crippen molar-refractivity contribution >= 4 is 29.1 Å². The molecule has 1 saturated heterocycles. The van der Waals surface area contributed by atoms with Crippen LogP contribution in [0.4, 0.5) is 5.69 Å². The molecule has 2 aromatic carbocycles. The Labute approximate surface area is 177 Å². The van der Waals surface area contributed by atoms with Gasteiger partial charge >= 0.3 is 0 Å². The zero-order valence-electron chi connectivity index (χ0n) is 17.0. The van der Waals surface area contributed by atoms with Gasteiger partial charge in [0.1, 0.15) is 6.04 Å². The van der Waals surface area contributed by atoms with Gasteiger partial charge in [-0.3, -0.25) is 9.59 Å². The molecule has 0 aromatic heterocycles. The van der Waals surface area contributed by atoms with Gasteiger partial charge in [-0.05, 0) is 29.7 Å². The van der Waals surface area contributed by atoms with E-state index in [9.17, 15) is 9.59 Å². The van der Waals surface area contributed by atoms with Crippen LogP contribution in [0.1, 0.15) is 19.4 Å².